The second-order valence-corrected chi connectivity index (χ2v) is 8.06. The average molecular weight is 418 g/mol. The maximum atomic E-state index is 12.0. The first-order valence-corrected chi connectivity index (χ1v) is 10.9. The largest absolute Gasteiger partial charge is 0.385 e. The van der Waals surface area contributed by atoms with Gasteiger partial charge in [0, 0.05) is 37.4 Å². The molecule has 1 heterocycles. The zero-order chi connectivity index (χ0) is 20.7. The molecule has 2 aromatic carbocycles. The number of unbranched alkanes of at least 4 members (excludes halogenated alkanes) is 1. The number of halogens is 1. The molecule has 0 saturated carbocycles. The lowest BCUT2D eigenvalue weighted by Gasteiger charge is -2.40. The third-order valence-corrected chi connectivity index (χ3v) is 6.04. The molecule has 3 rings (SSSR count). The standard InChI is InChI=1S/C24H32ClNO3/c1-3-18-8-6-9-19(16-18)23-20(10-7-11-21(23)25)24(27,12-4-5-14-28-2)22-17-26-13-15-29-22/h6-11,16,22,26-27H,3-5,12-15,17H2,1-2H3/t22-,24+/m1/s1. The first-order valence-electron chi connectivity index (χ1n) is 10.5. The summed E-state index contributed by atoms with van der Waals surface area (Å²) in [7, 11) is 1.70. The molecule has 4 nitrogen and oxygen atoms in total. The molecule has 0 aliphatic carbocycles. The van der Waals surface area contributed by atoms with Crippen LogP contribution in [0.25, 0.3) is 11.1 Å². The van der Waals surface area contributed by atoms with Crippen molar-refractivity contribution in [1.82, 2.24) is 5.32 Å². The molecule has 0 spiro atoms. The molecular formula is C24H32ClNO3. The Hall–Kier alpha value is -1.43. The van der Waals surface area contributed by atoms with Gasteiger partial charge in [-0.15, -0.1) is 0 Å². The molecule has 1 aliphatic heterocycles. The fraction of sp³-hybridized carbons (Fsp3) is 0.500. The third-order valence-electron chi connectivity index (χ3n) is 5.72. The smallest absolute Gasteiger partial charge is 0.118 e. The molecule has 2 N–H and O–H groups in total. The van der Waals surface area contributed by atoms with Gasteiger partial charge in [0.25, 0.3) is 0 Å². The van der Waals surface area contributed by atoms with E-state index in [2.05, 4.69) is 36.5 Å². The lowest BCUT2D eigenvalue weighted by Crippen LogP contribution is -2.51. The third kappa shape index (κ3) is 5.19. The first-order chi connectivity index (χ1) is 14.1. The van der Waals surface area contributed by atoms with Gasteiger partial charge in [0.2, 0.25) is 0 Å². The summed E-state index contributed by atoms with van der Waals surface area (Å²) in [6, 6.07) is 14.2. The van der Waals surface area contributed by atoms with Crippen LogP contribution in [0.4, 0.5) is 0 Å². The van der Waals surface area contributed by atoms with Crippen LogP contribution in [0.2, 0.25) is 5.02 Å². The Kier molecular flexibility index (Phi) is 8.10. The Morgan fingerprint density at radius 2 is 2.07 bits per heavy atom. The van der Waals surface area contributed by atoms with E-state index in [9.17, 15) is 5.11 Å². The fourth-order valence-corrected chi connectivity index (χ4v) is 4.39. The van der Waals surface area contributed by atoms with Crippen molar-refractivity contribution in [1.29, 1.82) is 0 Å². The Labute approximate surface area is 179 Å². The maximum absolute atomic E-state index is 12.0. The molecule has 0 unspecified atom stereocenters. The Balaban J connectivity index is 2.05. The quantitative estimate of drug-likeness (QED) is 0.587. The van der Waals surface area contributed by atoms with Crippen LogP contribution < -0.4 is 5.32 Å². The van der Waals surface area contributed by atoms with Crippen molar-refractivity contribution >= 4 is 11.6 Å². The normalized spacial score (nSPS) is 19.1. The van der Waals surface area contributed by atoms with E-state index in [1.54, 1.807) is 7.11 Å². The summed E-state index contributed by atoms with van der Waals surface area (Å²) in [5, 5.41) is 16.0. The minimum atomic E-state index is -1.14. The van der Waals surface area contributed by atoms with E-state index in [-0.39, 0.29) is 6.10 Å². The van der Waals surface area contributed by atoms with Crippen LogP contribution in [0, 0.1) is 0 Å². The molecular weight excluding hydrogens is 386 g/mol. The number of methoxy groups -OCH3 is 1. The summed E-state index contributed by atoms with van der Waals surface area (Å²) in [5.41, 5.74) is 2.87. The summed E-state index contributed by atoms with van der Waals surface area (Å²) in [4.78, 5) is 0. The van der Waals surface area contributed by atoms with E-state index in [0.717, 1.165) is 42.5 Å². The van der Waals surface area contributed by atoms with E-state index in [4.69, 9.17) is 21.1 Å². The molecule has 1 aliphatic rings. The number of benzene rings is 2. The molecule has 29 heavy (non-hydrogen) atoms. The Morgan fingerprint density at radius 3 is 2.79 bits per heavy atom. The summed E-state index contributed by atoms with van der Waals surface area (Å²) in [5.74, 6) is 0. The Bertz CT molecular complexity index is 791. The monoisotopic (exact) mass is 417 g/mol. The summed E-state index contributed by atoms with van der Waals surface area (Å²) in [6.45, 7) is 4.83. The van der Waals surface area contributed by atoms with Crippen molar-refractivity contribution in [2.75, 3.05) is 33.4 Å². The van der Waals surface area contributed by atoms with E-state index >= 15 is 0 Å². The lowest BCUT2D eigenvalue weighted by molar-refractivity contribution is -0.129. The van der Waals surface area contributed by atoms with Gasteiger partial charge in [-0.2, -0.15) is 0 Å². The maximum Gasteiger partial charge on any atom is 0.118 e. The van der Waals surface area contributed by atoms with Gasteiger partial charge < -0.3 is 19.9 Å². The van der Waals surface area contributed by atoms with Gasteiger partial charge in [0.05, 0.1) is 6.61 Å². The van der Waals surface area contributed by atoms with Gasteiger partial charge in [-0.1, -0.05) is 54.9 Å². The van der Waals surface area contributed by atoms with E-state index in [1.165, 1.54) is 5.56 Å². The molecule has 1 saturated heterocycles. The molecule has 0 amide bonds. The number of aliphatic hydroxyl groups is 1. The first kappa shape index (κ1) is 22.3. The number of hydrogen-bond acceptors (Lipinski definition) is 4. The topological polar surface area (TPSA) is 50.7 Å². The average Bonchev–Trinajstić information content (AvgIpc) is 2.77. The molecule has 0 radical (unpaired) electrons. The van der Waals surface area contributed by atoms with Gasteiger partial charge in [0.15, 0.2) is 0 Å². The highest BCUT2D eigenvalue weighted by Crippen LogP contribution is 2.42. The van der Waals surface area contributed by atoms with Crippen LogP contribution in [0.1, 0.15) is 37.3 Å². The van der Waals surface area contributed by atoms with Gasteiger partial charge in [-0.05, 0) is 48.4 Å². The summed E-state index contributed by atoms with van der Waals surface area (Å²) < 4.78 is 11.2. The van der Waals surface area contributed by atoms with Crippen molar-refractivity contribution in [2.45, 2.75) is 44.3 Å². The molecule has 5 heteroatoms. The molecule has 2 aromatic rings. The number of ether oxygens (including phenoxy) is 2. The minimum Gasteiger partial charge on any atom is -0.385 e. The van der Waals surface area contributed by atoms with Crippen molar-refractivity contribution in [3.8, 4) is 11.1 Å². The number of rotatable bonds is 9. The van der Waals surface area contributed by atoms with Gasteiger partial charge >= 0.3 is 0 Å². The highest BCUT2D eigenvalue weighted by Gasteiger charge is 2.41. The highest BCUT2D eigenvalue weighted by molar-refractivity contribution is 6.33. The zero-order valence-electron chi connectivity index (χ0n) is 17.4. The lowest BCUT2D eigenvalue weighted by atomic mass is 9.79. The highest BCUT2D eigenvalue weighted by atomic mass is 35.5. The number of hydrogen-bond donors (Lipinski definition) is 2. The van der Waals surface area contributed by atoms with Crippen LogP contribution in [-0.2, 0) is 21.5 Å². The van der Waals surface area contributed by atoms with Crippen LogP contribution in [0.3, 0.4) is 0 Å². The number of nitrogens with one attached hydrogen (secondary N) is 1. The predicted octanol–water partition coefficient (Wildman–Crippen LogP) is 4.56. The van der Waals surface area contributed by atoms with E-state index in [1.807, 2.05) is 18.2 Å². The van der Waals surface area contributed by atoms with Crippen molar-refractivity contribution in [2.24, 2.45) is 0 Å². The molecule has 0 bridgehead atoms. The van der Waals surface area contributed by atoms with Crippen molar-refractivity contribution in [3.63, 3.8) is 0 Å². The number of morpholine rings is 1. The summed E-state index contributed by atoms with van der Waals surface area (Å²) in [6.07, 6.45) is 2.93. The molecule has 0 aromatic heterocycles. The second kappa shape index (κ2) is 10.6. The van der Waals surface area contributed by atoms with Crippen LogP contribution in [0.15, 0.2) is 42.5 Å². The van der Waals surface area contributed by atoms with Crippen molar-refractivity contribution in [3.05, 3.63) is 58.6 Å². The van der Waals surface area contributed by atoms with Crippen LogP contribution in [0.5, 0.6) is 0 Å². The van der Waals surface area contributed by atoms with Crippen LogP contribution >= 0.6 is 11.6 Å². The molecule has 158 valence electrons. The van der Waals surface area contributed by atoms with Gasteiger partial charge in [0.1, 0.15) is 11.7 Å². The SMILES string of the molecule is CCc1cccc(-c2c(Cl)cccc2[C@@](O)(CCCCOC)[C@H]2CNCCO2)c1. The van der Waals surface area contributed by atoms with Crippen molar-refractivity contribution < 1.29 is 14.6 Å². The summed E-state index contributed by atoms with van der Waals surface area (Å²) >= 11 is 6.70. The molecule has 1 fully saturated rings. The van der Waals surface area contributed by atoms with Gasteiger partial charge in [-0.25, -0.2) is 0 Å². The van der Waals surface area contributed by atoms with Crippen LogP contribution in [-0.4, -0.2) is 44.6 Å². The Morgan fingerprint density at radius 1 is 1.24 bits per heavy atom. The number of aryl methyl sites for hydroxylation is 1. The second-order valence-electron chi connectivity index (χ2n) is 7.65. The van der Waals surface area contributed by atoms with E-state index < -0.39 is 5.60 Å². The zero-order valence-corrected chi connectivity index (χ0v) is 18.2. The predicted molar refractivity (Wildman–Crippen MR) is 118 cm³/mol. The minimum absolute atomic E-state index is 0.328. The molecule has 2 atom stereocenters. The fourth-order valence-electron chi connectivity index (χ4n) is 4.11. The van der Waals surface area contributed by atoms with E-state index in [0.29, 0.717) is 31.2 Å². The van der Waals surface area contributed by atoms with Gasteiger partial charge in [-0.3, -0.25) is 0 Å².